The van der Waals surface area contributed by atoms with Crippen molar-refractivity contribution in [1.82, 2.24) is 0 Å². The van der Waals surface area contributed by atoms with Crippen molar-refractivity contribution in [2.45, 2.75) is 13.0 Å². The van der Waals surface area contributed by atoms with Gasteiger partial charge in [-0.3, -0.25) is 0 Å². The molecule has 1 N–H and O–H groups in total. The lowest BCUT2D eigenvalue weighted by Gasteiger charge is -2.17. The summed E-state index contributed by atoms with van der Waals surface area (Å²) in [6.45, 7) is 2.03. The zero-order valence-corrected chi connectivity index (χ0v) is 12.2. The molecule has 2 heteroatoms. The van der Waals surface area contributed by atoms with Crippen molar-refractivity contribution in [1.29, 1.82) is 0 Å². The molecule has 0 fully saturated rings. The standard InChI is InChI=1S/C19H18O2/c1-13-10-11-14-6-3-4-9-17(14)18(13)19(20)15-7-5-8-16(12-15)21-2/h3-12,19-20H,1-2H3. The van der Waals surface area contributed by atoms with E-state index in [2.05, 4.69) is 24.3 Å². The number of fused-ring (bicyclic) bond motifs is 1. The molecule has 21 heavy (non-hydrogen) atoms. The summed E-state index contributed by atoms with van der Waals surface area (Å²) in [4.78, 5) is 0. The number of methoxy groups -OCH3 is 1. The molecule has 0 aliphatic carbocycles. The molecule has 1 atom stereocenters. The topological polar surface area (TPSA) is 29.5 Å². The van der Waals surface area contributed by atoms with Gasteiger partial charge < -0.3 is 9.84 Å². The molecule has 0 heterocycles. The minimum atomic E-state index is -0.661. The number of aliphatic hydroxyl groups is 1. The van der Waals surface area contributed by atoms with Gasteiger partial charge in [-0.15, -0.1) is 0 Å². The summed E-state index contributed by atoms with van der Waals surface area (Å²) in [7, 11) is 1.63. The molecule has 3 aromatic carbocycles. The number of ether oxygens (including phenoxy) is 1. The van der Waals surface area contributed by atoms with Crippen LogP contribution in [-0.4, -0.2) is 12.2 Å². The van der Waals surface area contributed by atoms with E-state index in [9.17, 15) is 5.11 Å². The van der Waals surface area contributed by atoms with Gasteiger partial charge in [-0.1, -0.05) is 48.5 Å². The fraction of sp³-hybridized carbons (Fsp3) is 0.158. The van der Waals surface area contributed by atoms with Crippen LogP contribution in [0.1, 0.15) is 22.8 Å². The van der Waals surface area contributed by atoms with Crippen LogP contribution < -0.4 is 4.74 Å². The van der Waals surface area contributed by atoms with Gasteiger partial charge in [0.25, 0.3) is 0 Å². The maximum Gasteiger partial charge on any atom is 0.119 e. The molecule has 0 saturated heterocycles. The highest BCUT2D eigenvalue weighted by Gasteiger charge is 2.16. The van der Waals surface area contributed by atoms with Crippen LogP contribution >= 0.6 is 0 Å². The molecule has 1 unspecified atom stereocenters. The fourth-order valence-corrected chi connectivity index (χ4v) is 2.75. The third-order valence-corrected chi connectivity index (χ3v) is 3.87. The van der Waals surface area contributed by atoms with E-state index < -0.39 is 6.10 Å². The first-order valence-corrected chi connectivity index (χ1v) is 7.01. The highest BCUT2D eigenvalue weighted by Crippen LogP contribution is 2.32. The van der Waals surface area contributed by atoms with Gasteiger partial charge in [-0.05, 0) is 46.5 Å². The zero-order valence-electron chi connectivity index (χ0n) is 12.2. The van der Waals surface area contributed by atoms with Gasteiger partial charge in [0.05, 0.1) is 7.11 Å². The van der Waals surface area contributed by atoms with Crippen molar-refractivity contribution in [2.24, 2.45) is 0 Å². The normalized spacial score (nSPS) is 12.3. The van der Waals surface area contributed by atoms with Crippen molar-refractivity contribution >= 4 is 10.8 Å². The van der Waals surface area contributed by atoms with Crippen molar-refractivity contribution in [3.63, 3.8) is 0 Å². The Hall–Kier alpha value is -2.32. The van der Waals surface area contributed by atoms with Gasteiger partial charge >= 0.3 is 0 Å². The average molecular weight is 278 g/mol. The first-order valence-electron chi connectivity index (χ1n) is 7.01. The van der Waals surface area contributed by atoms with Crippen molar-refractivity contribution < 1.29 is 9.84 Å². The molecule has 106 valence electrons. The minimum Gasteiger partial charge on any atom is -0.497 e. The summed E-state index contributed by atoms with van der Waals surface area (Å²) >= 11 is 0. The Balaban J connectivity index is 2.16. The molecule has 0 spiro atoms. The van der Waals surface area contributed by atoms with Crippen LogP contribution in [0.3, 0.4) is 0 Å². The third kappa shape index (κ3) is 2.50. The molecule has 0 radical (unpaired) electrons. The Bertz CT molecular complexity index is 777. The van der Waals surface area contributed by atoms with Gasteiger partial charge in [-0.2, -0.15) is 0 Å². The molecule has 3 aromatic rings. The van der Waals surface area contributed by atoms with E-state index in [4.69, 9.17) is 4.74 Å². The van der Waals surface area contributed by atoms with Crippen LogP contribution in [-0.2, 0) is 0 Å². The lowest BCUT2D eigenvalue weighted by Crippen LogP contribution is -2.03. The monoisotopic (exact) mass is 278 g/mol. The molecule has 0 saturated carbocycles. The van der Waals surface area contributed by atoms with Crippen LogP contribution in [0.2, 0.25) is 0 Å². The van der Waals surface area contributed by atoms with Gasteiger partial charge in [-0.25, -0.2) is 0 Å². The molecule has 3 rings (SSSR count). The van der Waals surface area contributed by atoms with E-state index in [0.717, 1.165) is 33.2 Å². The number of aryl methyl sites for hydroxylation is 1. The van der Waals surface area contributed by atoms with Gasteiger partial charge in [0, 0.05) is 0 Å². The first kappa shape index (κ1) is 13.7. The van der Waals surface area contributed by atoms with E-state index in [1.54, 1.807) is 7.11 Å². The summed E-state index contributed by atoms with van der Waals surface area (Å²) in [6.07, 6.45) is -0.661. The lowest BCUT2D eigenvalue weighted by molar-refractivity contribution is 0.220. The number of rotatable bonds is 3. The Labute approximate surface area is 124 Å². The van der Waals surface area contributed by atoms with Crippen molar-refractivity contribution in [3.8, 4) is 5.75 Å². The van der Waals surface area contributed by atoms with Gasteiger partial charge in [0.2, 0.25) is 0 Å². The average Bonchev–Trinajstić information content (AvgIpc) is 2.54. The summed E-state index contributed by atoms with van der Waals surface area (Å²) in [5, 5.41) is 13.1. The van der Waals surface area contributed by atoms with E-state index in [-0.39, 0.29) is 0 Å². The SMILES string of the molecule is COc1cccc(C(O)c2c(C)ccc3ccccc23)c1. The van der Waals surface area contributed by atoms with E-state index in [0.29, 0.717) is 0 Å². The number of benzene rings is 3. The number of hydrogen-bond donors (Lipinski definition) is 1. The minimum absolute atomic E-state index is 0.661. The van der Waals surface area contributed by atoms with Gasteiger partial charge in [0.15, 0.2) is 0 Å². The largest absolute Gasteiger partial charge is 0.497 e. The third-order valence-electron chi connectivity index (χ3n) is 3.87. The summed E-state index contributed by atoms with van der Waals surface area (Å²) in [6, 6.07) is 19.9. The number of aliphatic hydroxyl groups excluding tert-OH is 1. The zero-order chi connectivity index (χ0) is 14.8. The summed E-state index contributed by atoms with van der Waals surface area (Å²) < 4.78 is 5.25. The highest BCUT2D eigenvalue weighted by atomic mass is 16.5. The molecule has 0 amide bonds. The molecule has 0 aliphatic heterocycles. The lowest BCUT2D eigenvalue weighted by atomic mass is 9.92. The van der Waals surface area contributed by atoms with Crippen LogP contribution in [0.15, 0.2) is 60.7 Å². The molecule has 0 aromatic heterocycles. The van der Waals surface area contributed by atoms with E-state index in [1.165, 1.54) is 0 Å². The molecular weight excluding hydrogens is 260 g/mol. The smallest absolute Gasteiger partial charge is 0.119 e. The van der Waals surface area contributed by atoms with Crippen LogP contribution in [0.4, 0.5) is 0 Å². The Kier molecular flexibility index (Phi) is 3.63. The van der Waals surface area contributed by atoms with Gasteiger partial charge in [0.1, 0.15) is 11.9 Å². The first-order chi connectivity index (χ1) is 10.2. The number of hydrogen-bond acceptors (Lipinski definition) is 2. The second kappa shape index (κ2) is 5.58. The summed E-state index contributed by atoms with van der Waals surface area (Å²) in [5.74, 6) is 0.754. The van der Waals surface area contributed by atoms with E-state index >= 15 is 0 Å². The van der Waals surface area contributed by atoms with E-state index in [1.807, 2.05) is 43.3 Å². The Morgan fingerprint density at radius 3 is 2.57 bits per heavy atom. The molecule has 0 aliphatic rings. The maximum absolute atomic E-state index is 10.8. The van der Waals surface area contributed by atoms with Crippen LogP contribution in [0.5, 0.6) is 5.75 Å². The predicted molar refractivity (Wildman–Crippen MR) is 85.7 cm³/mol. The Morgan fingerprint density at radius 1 is 0.952 bits per heavy atom. The summed E-state index contributed by atoms with van der Waals surface area (Å²) in [5.41, 5.74) is 2.89. The van der Waals surface area contributed by atoms with Crippen molar-refractivity contribution in [2.75, 3.05) is 7.11 Å². The van der Waals surface area contributed by atoms with Crippen LogP contribution in [0.25, 0.3) is 10.8 Å². The second-order valence-corrected chi connectivity index (χ2v) is 5.20. The van der Waals surface area contributed by atoms with Crippen molar-refractivity contribution in [3.05, 3.63) is 77.4 Å². The predicted octanol–water partition coefficient (Wildman–Crippen LogP) is 4.24. The Morgan fingerprint density at radius 2 is 1.76 bits per heavy atom. The van der Waals surface area contributed by atoms with Crippen LogP contribution in [0, 0.1) is 6.92 Å². The second-order valence-electron chi connectivity index (χ2n) is 5.20. The fourth-order valence-electron chi connectivity index (χ4n) is 2.75. The maximum atomic E-state index is 10.8. The molecule has 0 bridgehead atoms. The molecular formula is C19H18O2. The molecule has 2 nitrogen and oxygen atoms in total. The quantitative estimate of drug-likeness (QED) is 0.776. The highest BCUT2D eigenvalue weighted by molar-refractivity contribution is 5.87.